The van der Waals surface area contributed by atoms with Crippen molar-refractivity contribution in [1.29, 1.82) is 0 Å². The number of hydrogen-bond donors (Lipinski definition) is 1. The van der Waals surface area contributed by atoms with Crippen LogP contribution in [0.1, 0.15) is 20.8 Å². The molecule has 0 rings (SSSR count). The van der Waals surface area contributed by atoms with E-state index in [-0.39, 0.29) is 6.61 Å². The third-order valence-electron chi connectivity index (χ3n) is 2.69. The number of aliphatic hydroxyl groups is 1. The first-order valence-electron chi connectivity index (χ1n) is 4.53. The van der Waals surface area contributed by atoms with Crippen molar-refractivity contribution in [3.63, 3.8) is 0 Å². The molecule has 0 fully saturated rings. The van der Waals surface area contributed by atoms with Gasteiger partial charge in [-0.2, -0.15) is 0 Å². The van der Waals surface area contributed by atoms with E-state index in [1.807, 2.05) is 6.08 Å². The summed E-state index contributed by atoms with van der Waals surface area (Å²) in [5.41, 5.74) is 0. The van der Waals surface area contributed by atoms with Crippen LogP contribution < -0.4 is 0 Å². The van der Waals surface area contributed by atoms with E-state index in [2.05, 4.69) is 24.9 Å². The minimum atomic E-state index is -1.80. The topological polar surface area (TPSA) is 20.2 Å². The molecule has 2 heteroatoms. The van der Waals surface area contributed by atoms with Crippen molar-refractivity contribution < 1.29 is 5.11 Å². The van der Waals surface area contributed by atoms with E-state index in [9.17, 15) is 0 Å². The van der Waals surface area contributed by atoms with Crippen LogP contribution in [0.4, 0.5) is 0 Å². The van der Waals surface area contributed by atoms with Gasteiger partial charge in [0.15, 0.2) is 0 Å². The van der Waals surface area contributed by atoms with Gasteiger partial charge in [-0.05, 0) is 0 Å². The Bertz CT molecular complexity index is 108. The summed E-state index contributed by atoms with van der Waals surface area (Å²) >= 11 is -1.80. The van der Waals surface area contributed by atoms with Crippen LogP contribution in [0.2, 0.25) is 13.3 Å². The molecule has 11 heavy (non-hydrogen) atoms. The summed E-state index contributed by atoms with van der Waals surface area (Å²) in [7, 11) is 0. The second-order valence-electron chi connectivity index (χ2n) is 3.01. The Morgan fingerprint density at radius 1 is 1.09 bits per heavy atom. The van der Waals surface area contributed by atoms with Crippen molar-refractivity contribution in [2.75, 3.05) is 6.61 Å². The van der Waals surface area contributed by atoms with Gasteiger partial charge in [0.1, 0.15) is 0 Å². The molecule has 0 aliphatic heterocycles. The molecule has 0 aliphatic carbocycles. The standard InChI is InChI=1S/C3H5O.3C2H5.Sn/c1-2-3-4;3*1-2;/h1-2,4H,3H2;3*1H2,2H3;. The molecule has 0 aromatic rings. The number of hydrogen-bond acceptors (Lipinski definition) is 1. The van der Waals surface area contributed by atoms with Crippen molar-refractivity contribution in [3.8, 4) is 0 Å². The van der Waals surface area contributed by atoms with Crippen molar-refractivity contribution >= 4 is 18.4 Å². The average molecular weight is 263 g/mol. The first kappa shape index (κ1) is 11.5. The van der Waals surface area contributed by atoms with Gasteiger partial charge in [0.25, 0.3) is 0 Å². The van der Waals surface area contributed by atoms with Crippen molar-refractivity contribution in [2.45, 2.75) is 34.1 Å². The van der Waals surface area contributed by atoms with E-state index in [4.69, 9.17) is 5.11 Å². The van der Waals surface area contributed by atoms with Gasteiger partial charge in [-0.1, -0.05) is 0 Å². The van der Waals surface area contributed by atoms with Crippen LogP contribution in [0.25, 0.3) is 0 Å². The minimum absolute atomic E-state index is 0.221. The normalized spacial score (nSPS) is 12.7. The van der Waals surface area contributed by atoms with E-state index >= 15 is 0 Å². The predicted octanol–water partition coefficient (Wildman–Crippen LogP) is 2.58. The van der Waals surface area contributed by atoms with Crippen molar-refractivity contribution in [2.24, 2.45) is 0 Å². The third-order valence-corrected chi connectivity index (χ3v) is 17.4. The Labute approximate surface area is 74.4 Å². The van der Waals surface area contributed by atoms with Gasteiger partial charge in [0.2, 0.25) is 0 Å². The molecule has 66 valence electrons. The molecule has 0 saturated carbocycles. The van der Waals surface area contributed by atoms with Gasteiger partial charge >= 0.3 is 74.3 Å². The molecule has 0 radical (unpaired) electrons. The van der Waals surface area contributed by atoms with E-state index < -0.39 is 18.4 Å². The van der Waals surface area contributed by atoms with Gasteiger partial charge in [0, 0.05) is 0 Å². The van der Waals surface area contributed by atoms with Crippen molar-refractivity contribution in [1.82, 2.24) is 0 Å². The summed E-state index contributed by atoms with van der Waals surface area (Å²) < 4.78 is 6.49. The molecule has 0 spiro atoms. The molecule has 0 aliphatic rings. The van der Waals surface area contributed by atoms with Gasteiger partial charge in [-0.25, -0.2) is 0 Å². The zero-order valence-electron chi connectivity index (χ0n) is 7.93. The van der Waals surface area contributed by atoms with Crippen LogP contribution in [-0.4, -0.2) is 30.1 Å². The van der Waals surface area contributed by atoms with E-state index in [0.717, 1.165) is 0 Å². The van der Waals surface area contributed by atoms with Crippen LogP contribution >= 0.6 is 0 Å². The Kier molecular flexibility index (Phi) is 6.34. The van der Waals surface area contributed by atoms with E-state index in [1.165, 1.54) is 13.3 Å². The molecule has 0 heterocycles. The molecular weight excluding hydrogens is 243 g/mol. The van der Waals surface area contributed by atoms with E-state index in [0.29, 0.717) is 0 Å². The number of rotatable bonds is 5. The molecule has 0 aromatic heterocycles. The number of aliphatic hydroxyl groups excluding tert-OH is 1. The zero-order chi connectivity index (χ0) is 8.74. The van der Waals surface area contributed by atoms with E-state index in [1.54, 1.807) is 0 Å². The molecule has 0 aromatic carbocycles. The second kappa shape index (κ2) is 6.06. The van der Waals surface area contributed by atoms with Crippen LogP contribution in [0.3, 0.4) is 0 Å². The summed E-state index contributed by atoms with van der Waals surface area (Å²) in [5.74, 6) is 0. The van der Waals surface area contributed by atoms with Gasteiger partial charge in [-0.3, -0.25) is 0 Å². The fourth-order valence-corrected chi connectivity index (χ4v) is 9.43. The quantitative estimate of drug-likeness (QED) is 0.756. The molecule has 0 amide bonds. The molecule has 1 nitrogen and oxygen atoms in total. The summed E-state index contributed by atoms with van der Waals surface area (Å²) in [6, 6.07) is 0. The SMILES string of the molecule is C[CH2][Sn]([CH]=CCO)([CH2]C)[CH2]C. The molecule has 0 saturated heterocycles. The first-order valence-corrected chi connectivity index (χ1v) is 12.2. The Morgan fingerprint density at radius 2 is 1.55 bits per heavy atom. The molecule has 0 unspecified atom stereocenters. The Hall–Kier alpha value is 0.499. The van der Waals surface area contributed by atoms with Crippen molar-refractivity contribution in [3.05, 3.63) is 10.2 Å². The predicted molar refractivity (Wildman–Crippen MR) is 53.4 cm³/mol. The van der Waals surface area contributed by atoms with Gasteiger partial charge < -0.3 is 0 Å². The molecule has 0 atom stereocenters. The maximum absolute atomic E-state index is 8.66. The summed E-state index contributed by atoms with van der Waals surface area (Å²) in [6.45, 7) is 7.11. The van der Waals surface area contributed by atoms with Crippen LogP contribution in [0.15, 0.2) is 10.2 Å². The van der Waals surface area contributed by atoms with Crippen LogP contribution in [0.5, 0.6) is 0 Å². The molecule has 1 N–H and O–H groups in total. The Balaban J connectivity index is 4.16. The van der Waals surface area contributed by atoms with Crippen LogP contribution in [-0.2, 0) is 0 Å². The Morgan fingerprint density at radius 3 is 1.82 bits per heavy atom. The second-order valence-corrected chi connectivity index (χ2v) is 17.8. The fraction of sp³-hybridized carbons (Fsp3) is 0.778. The first-order chi connectivity index (χ1) is 5.24. The third kappa shape index (κ3) is 3.61. The van der Waals surface area contributed by atoms with Gasteiger partial charge in [0.05, 0.1) is 0 Å². The molecule has 0 bridgehead atoms. The fourth-order valence-electron chi connectivity index (χ4n) is 1.41. The average Bonchev–Trinajstić information content (AvgIpc) is 2.08. The summed E-state index contributed by atoms with van der Waals surface area (Å²) in [6.07, 6.45) is 1.95. The van der Waals surface area contributed by atoms with Crippen LogP contribution in [0, 0.1) is 0 Å². The summed E-state index contributed by atoms with van der Waals surface area (Å²) in [5, 5.41) is 8.66. The summed E-state index contributed by atoms with van der Waals surface area (Å²) in [4.78, 5) is 0. The maximum atomic E-state index is 8.66. The monoisotopic (exact) mass is 264 g/mol. The van der Waals surface area contributed by atoms with Gasteiger partial charge in [-0.15, -0.1) is 0 Å². The molecular formula is C9H20OSn. The zero-order valence-corrected chi connectivity index (χ0v) is 10.8.